The van der Waals surface area contributed by atoms with Gasteiger partial charge in [-0.15, -0.1) is 0 Å². The van der Waals surface area contributed by atoms with E-state index in [2.05, 4.69) is 29.2 Å². The molecule has 3 aromatic rings. The fraction of sp³-hybridized carbons (Fsp3) is 0.320. The van der Waals surface area contributed by atoms with Gasteiger partial charge < -0.3 is 19.3 Å². The molecule has 0 bridgehead atoms. The molecule has 0 atom stereocenters. The minimum atomic E-state index is 0.205. The molecular formula is C25H28N2O3. The Morgan fingerprint density at radius 2 is 1.57 bits per heavy atom. The second kappa shape index (κ2) is 9.53. The molecule has 0 spiro atoms. The van der Waals surface area contributed by atoms with Crippen molar-refractivity contribution in [2.24, 2.45) is 0 Å². The minimum Gasteiger partial charge on any atom is -0.495 e. The number of para-hydroxylation sites is 2. The van der Waals surface area contributed by atoms with Crippen molar-refractivity contribution in [3.63, 3.8) is 0 Å². The first kappa shape index (κ1) is 20.1. The van der Waals surface area contributed by atoms with Crippen molar-refractivity contribution < 1.29 is 14.3 Å². The molecule has 5 heteroatoms. The molecular weight excluding hydrogens is 376 g/mol. The number of hydrogen-bond acceptors (Lipinski definition) is 4. The van der Waals surface area contributed by atoms with E-state index in [1.807, 2.05) is 47.4 Å². The first-order valence-electron chi connectivity index (χ1n) is 10.5. The number of anilines is 1. The lowest BCUT2D eigenvalue weighted by Gasteiger charge is -2.36. The van der Waals surface area contributed by atoms with Crippen LogP contribution < -0.4 is 14.4 Å². The predicted molar refractivity (Wildman–Crippen MR) is 120 cm³/mol. The van der Waals surface area contributed by atoms with E-state index in [4.69, 9.17) is 9.47 Å². The van der Waals surface area contributed by atoms with E-state index in [0.29, 0.717) is 13.0 Å². The monoisotopic (exact) mass is 404 g/mol. The van der Waals surface area contributed by atoms with Gasteiger partial charge in [-0.1, -0.05) is 48.5 Å². The Morgan fingerprint density at radius 3 is 2.40 bits per heavy atom. The summed E-state index contributed by atoms with van der Waals surface area (Å²) in [5.41, 5.74) is 1.09. The summed E-state index contributed by atoms with van der Waals surface area (Å²) in [5.74, 6) is 1.96. The Bertz CT molecular complexity index is 991. The number of piperazine rings is 1. The van der Waals surface area contributed by atoms with Crippen molar-refractivity contribution in [1.29, 1.82) is 0 Å². The van der Waals surface area contributed by atoms with E-state index in [0.717, 1.165) is 55.2 Å². The van der Waals surface area contributed by atoms with E-state index >= 15 is 0 Å². The van der Waals surface area contributed by atoms with Crippen LogP contribution in [0.25, 0.3) is 10.8 Å². The third-order valence-corrected chi connectivity index (χ3v) is 5.60. The van der Waals surface area contributed by atoms with Crippen LogP contribution in [0.5, 0.6) is 11.5 Å². The van der Waals surface area contributed by atoms with Crippen LogP contribution in [-0.4, -0.2) is 50.7 Å². The topological polar surface area (TPSA) is 42.0 Å². The van der Waals surface area contributed by atoms with Crippen LogP contribution in [-0.2, 0) is 4.79 Å². The molecule has 1 aliphatic heterocycles. The maximum atomic E-state index is 12.6. The van der Waals surface area contributed by atoms with Gasteiger partial charge in [-0.2, -0.15) is 0 Å². The molecule has 4 rings (SSSR count). The van der Waals surface area contributed by atoms with Gasteiger partial charge in [0, 0.05) is 38.0 Å². The molecule has 1 fully saturated rings. The fourth-order valence-electron chi connectivity index (χ4n) is 3.97. The van der Waals surface area contributed by atoms with Gasteiger partial charge in [-0.3, -0.25) is 4.79 Å². The molecule has 0 N–H and O–H groups in total. The van der Waals surface area contributed by atoms with Crippen molar-refractivity contribution in [3.8, 4) is 11.5 Å². The molecule has 0 unspecified atom stereocenters. The highest BCUT2D eigenvalue weighted by atomic mass is 16.5. The van der Waals surface area contributed by atoms with Crippen molar-refractivity contribution in [1.82, 2.24) is 4.90 Å². The standard InChI is InChI=1S/C25H28N2O3/c1-29-24-12-5-4-11-22(24)26-15-17-27(18-16-26)25(28)14-7-19-30-23-13-6-9-20-8-2-3-10-21(20)23/h2-6,8-13H,7,14-19H2,1H3. The Kier molecular flexibility index (Phi) is 6.38. The van der Waals surface area contributed by atoms with Gasteiger partial charge in [0.25, 0.3) is 0 Å². The van der Waals surface area contributed by atoms with Crippen LogP contribution in [0.1, 0.15) is 12.8 Å². The van der Waals surface area contributed by atoms with Crippen LogP contribution in [0.3, 0.4) is 0 Å². The van der Waals surface area contributed by atoms with Gasteiger partial charge in [-0.25, -0.2) is 0 Å². The molecule has 1 amide bonds. The first-order chi connectivity index (χ1) is 14.8. The van der Waals surface area contributed by atoms with Crippen LogP contribution >= 0.6 is 0 Å². The lowest BCUT2D eigenvalue weighted by molar-refractivity contribution is -0.131. The molecule has 0 radical (unpaired) electrons. The van der Waals surface area contributed by atoms with Crippen LogP contribution in [0.4, 0.5) is 5.69 Å². The quantitative estimate of drug-likeness (QED) is 0.549. The molecule has 3 aromatic carbocycles. The number of rotatable bonds is 7. The van der Waals surface area contributed by atoms with E-state index in [1.54, 1.807) is 7.11 Å². The first-order valence-corrected chi connectivity index (χ1v) is 10.5. The SMILES string of the molecule is COc1ccccc1N1CCN(C(=O)CCCOc2cccc3ccccc23)CC1. The van der Waals surface area contributed by atoms with Crippen LogP contribution in [0.15, 0.2) is 66.7 Å². The number of carbonyl (C=O) groups excluding carboxylic acids is 1. The van der Waals surface area contributed by atoms with Crippen molar-refractivity contribution in [2.75, 3.05) is 44.8 Å². The van der Waals surface area contributed by atoms with Gasteiger partial charge in [0.05, 0.1) is 19.4 Å². The van der Waals surface area contributed by atoms with Crippen molar-refractivity contribution in [2.45, 2.75) is 12.8 Å². The summed E-state index contributed by atoms with van der Waals surface area (Å²) in [4.78, 5) is 16.9. The molecule has 1 saturated heterocycles. The number of hydrogen-bond donors (Lipinski definition) is 0. The van der Waals surface area contributed by atoms with Crippen LogP contribution in [0.2, 0.25) is 0 Å². The molecule has 5 nitrogen and oxygen atoms in total. The van der Waals surface area contributed by atoms with Gasteiger partial charge in [-0.05, 0) is 30.0 Å². The minimum absolute atomic E-state index is 0.205. The smallest absolute Gasteiger partial charge is 0.222 e. The highest BCUT2D eigenvalue weighted by Crippen LogP contribution is 2.28. The van der Waals surface area contributed by atoms with E-state index < -0.39 is 0 Å². The Labute approximate surface area is 177 Å². The summed E-state index contributed by atoms with van der Waals surface area (Å²) < 4.78 is 11.4. The summed E-state index contributed by atoms with van der Waals surface area (Å²) in [7, 11) is 1.69. The van der Waals surface area contributed by atoms with Crippen molar-refractivity contribution >= 4 is 22.4 Å². The fourth-order valence-corrected chi connectivity index (χ4v) is 3.97. The maximum absolute atomic E-state index is 12.6. The number of nitrogens with zero attached hydrogens (tertiary/aromatic N) is 2. The second-order valence-electron chi connectivity index (χ2n) is 7.47. The summed E-state index contributed by atoms with van der Waals surface area (Å²) in [6.07, 6.45) is 1.23. The zero-order valence-corrected chi connectivity index (χ0v) is 17.4. The maximum Gasteiger partial charge on any atom is 0.222 e. The van der Waals surface area contributed by atoms with E-state index in [9.17, 15) is 4.79 Å². The van der Waals surface area contributed by atoms with Gasteiger partial charge in [0.1, 0.15) is 11.5 Å². The normalized spacial score (nSPS) is 14.0. The lowest BCUT2D eigenvalue weighted by Crippen LogP contribution is -2.48. The summed E-state index contributed by atoms with van der Waals surface area (Å²) in [5, 5.41) is 2.28. The number of ether oxygens (including phenoxy) is 2. The highest BCUT2D eigenvalue weighted by Gasteiger charge is 2.22. The van der Waals surface area contributed by atoms with Gasteiger partial charge >= 0.3 is 0 Å². The molecule has 0 aliphatic carbocycles. The highest BCUT2D eigenvalue weighted by molar-refractivity contribution is 5.88. The number of fused-ring (bicyclic) bond motifs is 1. The Hall–Kier alpha value is -3.21. The predicted octanol–water partition coefficient (Wildman–Crippen LogP) is 4.36. The number of amides is 1. The molecule has 30 heavy (non-hydrogen) atoms. The average Bonchev–Trinajstić information content (AvgIpc) is 2.82. The Balaban J connectivity index is 1.23. The van der Waals surface area contributed by atoms with Gasteiger partial charge in [0.15, 0.2) is 0 Å². The second-order valence-corrected chi connectivity index (χ2v) is 7.47. The number of methoxy groups -OCH3 is 1. The molecule has 0 aromatic heterocycles. The average molecular weight is 405 g/mol. The summed E-state index contributed by atoms with van der Waals surface area (Å²) >= 11 is 0. The van der Waals surface area contributed by atoms with Gasteiger partial charge in [0.2, 0.25) is 5.91 Å². The zero-order chi connectivity index (χ0) is 20.8. The molecule has 156 valence electrons. The summed E-state index contributed by atoms with van der Waals surface area (Å²) in [6, 6.07) is 22.3. The lowest BCUT2D eigenvalue weighted by atomic mass is 10.1. The Morgan fingerprint density at radius 1 is 0.867 bits per heavy atom. The molecule has 1 heterocycles. The summed E-state index contributed by atoms with van der Waals surface area (Å²) in [6.45, 7) is 3.65. The van der Waals surface area contributed by atoms with Crippen molar-refractivity contribution in [3.05, 3.63) is 66.7 Å². The zero-order valence-electron chi connectivity index (χ0n) is 17.4. The largest absolute Gasteiger partial charge is 0.495 e. The number of carbonyl (C=O) groups is 1. The number of benzene rings is 3. The third kappa shape index (κ3) is 4.51. The van der Waals surface area contributed by atoms with E-state index in [-0.39, 0.29) is 5.91 Å². The molecule has 1 aliphatic rings. The van der Waals surface area contributed by atoms with E-state index in [1.165, 1.54) is 5.39 Å². The molecule has 0 saturated carbocycles. The third-order valence-electron chi connectivity index (χ3n) is 5.60. The van der Waals surface area contributed by atoms with Crippen LogP contribution in [0, 0.1) is 0 Å².